The van der Waals surface area contributed by atoms with E-state index in [4.69, 9.17) is 15.2 Å². The van der Waals surface area contributed by atoms with Crippen LogP contribution in [0.5, 0.6) is 5.75 Å². The maximum Gasteiger partial charge on any atom is 0.122 e. The van der Waals surface area contributed by atoms with Gasteiger partial charge in [-0.05, 0) is 24.3 Å². The molecule has 2 unspecified atom stereocenters. The predicted molar refractivity (Wildman–Crippen MR) is 82.8 cm³/mol. The second-order valence-corrected chi connectivity index (χ2v) is 7.31. The lowest BCUT2D eigenvalue weighted by Crippen LogP contribution is -2.43. The van der Waals surface area contributed by atoms with E-state index < -0.39 is 0 Å². The molecule has 2 aliphatic rings. The van der Waals surface area contributed by atoms with Crippen molar-refractivity contribution in [1.82, 2.24) is 0 Å². The zero-order chi connectivity index (χ0) is 13.3. The van der Waals surface area contributed by atoms with Gasteiger partial charge in [0, 0.05) is 34.8 Å². The topological polar surface area (TPSA) is 44.5 Å². The van der Waals surface area contributed by atoms with Crippen LogP contribution in [0.1, 0.15) is 19.3 Å². The van der Waals surface area contributed by atoms with E-state index in [0.717, 1.165) is 47.5 Å². The molecule has 0 bridgehead atoms. The quantitative estimate of drug-likeness (QED) is 0.835. The number of halogens is 1. The molecule has 2 aliphatic heterocycles. The van der Waals surface area contributed by atoms with Crippen molar-refractivity contribution < 1.29 is 9.47 Å². The highest BCUT2D eigenvalue weighted by Gasteiger charge is 2.41. The number of anilines is 1. The number of nitrogen functional groups attached to an aromatic ring is 1. The maximum atomic E-state index is 6.10. The van der Waals surface area contributed by atoms with Gasteiger partial charge in [-0.3, -0.25) is 0 Å². The van der Waals surface area contributed by atoms with Gasteiger partial charge in [-0.25, -0.2) is 0 Å². The van der Waals surface area contributed by atoms with Crippen LogP contribution in [0, 0.1) is 0 Å². The second kappa shape index (κ2) is 5.54. The standard InChI is InChI=1S/C14H18BrNO2S/c15-10-5-11(16)7-13(6-10)18-12-1-3-17-14(8-12)2-4-19-9-14/h5-7,12H,1-4,8-9,16H2. The number of thioether (sulfide) groups is 1. The first-order chi connectivity index (χ1) is 9.15. The van der Waals surface area contributed by atoms with Crippen LogP contribution < -0.4 is 10.5 Å². The van der Waals surface area contributed by atoms with Gasteiger partial charge in [0.05, 0.1) is 12.2 Å². The Morgan fingerprint density at radius 3 is 3.05 bits per heavy atom. The zero-order valence-corrected chi connectivity index (χ0v) is 13.1. The van der Waals surface area contributed by atoms with Gasteiger partial charge in [-0.1, -0.05) is 15.9 Å². The Kier molecular flexibility index (Phi) is 3.96. The first kappa shape index (κ1) is 13.6. The summed E-state index contributed by atoms with van der Waals surface area (Å²) >= 11 is 5.43. The monoisotopic (exact) mass is 343 g/mol. The third-order valence-corrected chi connectivity index (χ3v) is 5.39. The molecule has 0 aliphatic carbocycles. The maximum absolute atomic E-state index is 6.10. The Morgan fingerprint density at radius 2 is 2.32 bits per heavy atom. The Labute approximate surface area is 126 Å². The molecule has 0 aromatic heterocycles. The molecule has 0 saturated carbocycles. The van der Waals surface area contributed by atoms with Gasteiger partial charge < -0.3 is 15.2 Å². The van der Waals surface area contributed by atoms with Gasteiger partial charge in [-0.15, -0.1) is 0 Å². The normalized spacial score (nSPS) is 30.7. The van der Waals surface area contributed by atoms with Gasteiger partial charge in [0.2, 0.25) is 0 Å². The first-order valence-corrected chi connectivity index (χ1v) is 8.54. The van der Waals surface area contributed by atoms with Crippen molar-refractivity contribution >= 4 is 33.4 Å². The first-order valence-electron chi connectivity index (χ1n) is 6.60. The van der Waals surface area contributed by atoms with Crippen LogP contribution >= 0.6 is 27.7 Å². The molecule has 2 fully saturated rings. The molecule has 2 heterocycles. The van der Waals surface area contributed by atoms with Crippen molar-refractivity contribution in [2.24, 2.45) is 0 Å². The second-order valence-electron chi connectivity index (χ2n) is 5.29. The third-order valence-electron chi connectivity index (χ3n) is 3.71. The van der Waals surface area contributed by atoms with Crippen molar-refractivity contribution in [2.45, 2.75) is 31.0 Å². The van der Waals surface area contributed by atoms with E-state index in [-0.39, 0.29) is 11.7 Å². The van der Waals surface area contributed by atoms with Crippen molar-refractivity contribution in [2.75, 3.05) is 23.8 Å². The molecule has 3 rings (SSSR count). The number of rotatable bonds is 2. The average Bonchev–Trinajstić information content (AvgIpc) is 2.76. The minimum absolute atomic E-state index is 0.0607. The highest BCUT2D eigenvalue weighted by molar-refractivity contribution is 9.10. The van der Waals surface area contributed by atoms with Crippen molar-refractivity contribution in [3.8, 4) is 5.75 Å². The highest BCUT2D eigenvalue weighted by atomic mass is 79.9. The molecule has 1 aromatic rings. The lowest BCUT2D eigenvalue weighted by atomic mass is 9.91. The Morgan fingerprint density at radius 1 is 1.42 bits per heavy atom. The summed E-state index contributed by atoms with van der Waals surface area (Å²) in [5, 5.41) is 0. The highest BCUT2D eigenvalue weighted by Crippen LogP contribution is 2.39. The molecule has 3 nitrogen and oxygen atoms in total. The van der Waals surface area contributed by atoms with E-state index in [1.165, 1.54) is 5.75 Å². The third kappa shape index (κ3) is 3.20. The number of hydrogen-bond donors (Lipinski definition) is 1. The largest absolute Gasteiger partial charge is 0.490 e. The summed E-state index contributed by atoms with van der Waals surface area (Å²) in [7, 11) is 0. The van der Waals surface area contributed by atoms with E-state index in [2.05, 4.69) is 15.9 Å². The molecular formula is C14H18BrNO2S. The fraction of sp³-hybridized carbons (Fsp3) is 0.571. The minimum atomic E-state index is 0.0607. The molecular weight excluding hydrogens is 326 g/mol. The van der Waals surface area contributed by atoms with Gasteiger partial charge in [0.15, 0.2) is 0 Å². The summed E-state index contributed by atoms with van der Waals surface area (Å²) < 4.78 is 13.1. The smallest absolute Gasteiger partial charge is 0.122 e. The number of nitrogens with two attached hydrogens (primary N) is 1. The minimum Gasteiger partial charge on any atom is -0.490 e. The number of benzene rings is 1. The van der Waals surface area contributed by atoms with Gasteiger partial charge in [0.1, 0.15) is 11.9 Å². The number of hydrogen-bond acceptors (Lipinski definition) is 4. The van der Waals surface area contributed by atoms with Crippen LogP contribution in [-0.2, 0) is 4.74 Å². The lowest BCUT2D eigenvalue weighted by Gasteiger charge is -2.37. The van der Waals surface area contributed by atoms with Crippen LogP contribution in [-0.4, -0.2) is 29.8 Å². The SMILES string of the molecule is Nc1cc(Br)cc(OC2CCOC3(CCSC3)C2)c1. The summed E-state index contributed by atoms with van der Waals surface area (Å²) in [6.07, 6.45) is 3.34. The molecule has 2 atom stereocenters. The Bertz CT molecular complexity index is 443. The van der Waals surface area contributed by atoms with Crippen molar-refractivity contribution in [3.05, 3.63) is 22.7 Å². The average molecular weight is 344 g/mol. The fourth-order valence-electron chi connectivity index (χ4n) is 2.79. The molecule has 1 spiro atoms. The van der Waals surface area contributed by atoms with Crippen LogP contribution in [0.15, 0.2) is 22.7 Å². The Balaban J connectivity index is 1.69. The summed E-state index contributed by atoms with van der Waals surface area (Å²) in [5.41, 5.74) is 6.63. The summed E-state index contributed by atoms with van der Waals surface area (Å²) in [5.74, 6) is 3.16. The Hall–Kier alpha value is -0.390. The molecule has 2 saturated heterocycles. The van der Waals surface area contributed by atoms with E-state index >= 15 is 0 Å². The summed E-state index contributed by atoms with van der Waals surface area (Å²) in [6, 6.07) is 5.74. The van der Waals surface area contributed by atoms with Crippen LogP contribution in [0.25, 0.3) is 0 Å². The molecule has 0 amide bonds. The summed E-state index contributed by atoms with van der Waals surface area (Å²) in [6.45, 7) is 0.800. The van der Waals surface area contributed by atoms with Crippen LogP contribution in [0.2, 0.25) is 0 Å². The zero-order valence-electron chi connectivity index (χ0n) is 10.7. The van der Waals surface area contributed by atoms with Crippen LogP contribution in [0.4, 0.5) is 5.69 Å². The van der Waals surface area contributed by atoms with Crippen molar-refractivity contribution in [3.63, 3.8) is 0 Å². The van der Waals surface area contributed by atoms with E-state index in [1.54, 1.807) is 0 Å². The fourth-order valence-corrected chi connectivity index (χ4v) is 4.66. The van der Waals surface area contributed by atoms with E-state index in [0.29, 0.717) is 0 Å². The molecule has 0 radical (unpaired) electrons. The molecule has 5 heteroatoms. The molecule has 2 N–H and O–H groups in total. The summed E-state index contributed by atoms with van der Waals surface area (Å²) in [4.78, 5) is 0. The van der Waals surface area contributed by atoms with Gasteiger partial charge in [0.25, 0.3) is 0 Å². The molecule has 104 valence electrons. The van der Waals surface area contributed by atoms with Crippen LogP contribution in [0.3, 0.4) is 0 Å². The number of ether oxygens (including phenoxy) is 2. The predicted octanol–water partition coefficient (Wildman–Crippen LogP) is 3.46. The van der Waals surface area contributed by atoms with E-state index in [1.807, 2.05) is 30.0 Å². The van der Waals surface area contributed by atoms with E-state index in [9.17, 15) is 0 Å². The van der Waals surface area contributed by atoms with Gasteiger partial charge in [-0.2, -0.15) is 11.8 Å². The lowest BCUT2D eigenvalue weighted by molar-refractivity contribution is -0.0958. The van der Waals surface area contributed by atoms with Crippen molar-refractivity contribution in [1.29, 1.82) is 0 Å². The van der Waals surface area contributed by atoms with Gasteiger partial charge >= 0.3 is 0 Å². The molecule has 1 aromatic carbocycles. The molecule has 19 heavy (non-hydrogen) atoms.